The highest BCUT2D eigenvalue weighted by Gasteiger charge is 2.22. The van der Waals surface area contributed by atoms with Crippen LogP contribution in [0.5, 0.6) is 0 Å². The molecule has 79 heavy (non-hydrogen) atoms. The van der Waals surface area contributed by atoms with Crippen LogP contribution >= 0.6 is 39.1 Å². The zero-order valence-corrected chi connectivity index (χ0v) is 46.4. The Bertz CT molecular complexity index is 3200. The van der Waals surface area contributed by atoms with E-state index in [1.165, 1.54) is 62.1 Å². The second kappa shape index (κ2) is 29.1. The molecule has 0 aromatic heterocycles. The molecule has 0 unspecified atom stereocenters. The minimum absolute atomic E-state index is 0.0378. The van der Waals surface area contributed by atoms with E-state index < -0.39 is 11.9 Å². The molecule has 1 fully saturated rings. The standard InChI is InChI=1S/C31H29ClN4O4.C30H31BrClN3O4/c32-28-18-26(13-10-25(28)19-33)35-31(40)36(27-14-11-23(12-15-27)22-4-2-1-3-5-22)20-21-6-8-24(9-7-21)30(39)34-17-16-29(37)38;31-26-15-12-24(18-27(26)32)34-30(39)35(25-13-10-22(11-14-25)21-4-2-1-3-5-21)19-20-6-8-23(9-7-20)29(38)33-17-16-28(36)37/h4,6-15,18H,1-3,5,16-17,20H2,(H,34,39)(H,35,40)(H,37,38);6-15,18,21H,1-5,16-17,19H2,(H,33,38)(H,34,39)(H,36,37). The minimum atomic E-state index is -0.985. The number of hydrogen-bond acceptors (Lipinski definition) is 7. The summed E-state index contributed by atoms with van der Waals surface area (Å²) in [5.41, 5.74) is 8.98. The topological polar surface area (TPSA) is 221 Å². The molecule has 6 N–H and O–H groups in total. The van der Waals surface area contributed by atoms with Gasteiger partial charge in [0.05, 0.1) is 41.5 Å². The zero-order valence-electron chi connectivity index (χ0n) is 43.3. The van der Waals surface area contributed by atoms with Crippen LogP contribution in [0.3, 0.4) is 0 Å². The molecule has 8 rings (SSSR count). The SMILES string of the molecule is N#Cc1ccc(NC(=O)N(Cc2ccc(C(=O)NCCC(=O)O)cc2)c2ccc(C3=CCCCC3)cc2)cc1Cl.O=C(O)CCNC(=O)c1ccc(CN(C(=O)Nc2ccc(Br)c(Cl)c2)c2ccc(C3CCCCC3)cc2)cc1. The van der Waals surface area contributed by atoms with E-state index in [0.717, 1.165) is 39.7 Å². The Morgan fingerprint density at radius 1 is 0.595 bits per heavy atom. The summed E-state index contributed by atoms with van der Waals surface area (Å²) in [6, 6.07) is 41.1. The molecule has 0 aliphatic heterocycles. The molecular weight excluding hydrogens is 1110 g/mol. The molecule has 6 amide bonds. The first-order valence-corrected chi connectivity index (χ1v) is 27.6. The number of anilines is 4. The summed E-state index contributed by atoms with van der Waals surface area (Å²) in [6.07, 6.45) is 12.7. The van der Waals surface area contributed by atoms with Crippen molar-refractivity contribution in [2.45, 2.75) is 89.6 Å². The number of carbonyl (C=O) groups excluding carboxylic acids is 4. The number of nitriles is 1. The molecular formula is C61H60BrCl2N7O8. The molecule has 0 radical (unpaired) electrons. The Balaban J connectivity index is 0.000000229. The minimum Gasteiger partial charge on any atom is -0.481 e. The van der Waals surface area contributed by atoms with Crippen LogP contribution in [0.4, 0.5) is 32.3 Å². The lowest BCUT2D eigenvalue weighted by molar-refractivity contribution is -0.137. The smallest absolute Gasteiger partial charge is 0.326 e. The highest BCUT2D eigenvalue weighted by molar-refractivity contribution is 9.10. The van der Waals surface area contributed by atoms with Crippen molar-refractivity contribution in [1.82, 2.24) is 10.6 Å². The van der Waals surface area contributed by atoms with Gasteiger partial charge < -0.3 is 31.5 Å². The maximum absolute atomic E-state index is 13.5. The normalized spacial score (nSPS) is 13.0. The number of carbonyl (C=O) groups is 6. The fraction of sp³-hybridized carbons (Fsp3) is 0.262. The number of nitrogens with zero attached hydrogens (tertiary/aromatic N) is 3. The van der Waals surface area contributed by atoms with Gasteiger partial charge in [0.25, 0.3) is 11.8 Å². The van der Waals surface area contributed by atoms with Crippen LogP contribution in [0.1, 0.15) is 125 Å². The number of allylic oxidation sites excluding steroid dienone is 2. The van der Waals surface area contributed by atoms with E-state index >= 15 is 0 Å². The van der Waals surface area contributed by atoms with Crippen molar-refractivity contribution in [1.29, 1.82) is 5.26 Å². The summed E-state index contributed by atoms with van der Waals surface area (Å²) in [5.74, 6) is -2.10. The van der Waals surface area contributed by atoms with Gasteiger partial charge in [-0.25, -0.2) is 9.59 Å². The summed E-state index contributed by atoms with van der Waals surface area (Å²) in [7, 11) is 0. The molecule has 408 valence electrons. The van der Waals surface area contributed by atoms with Crippen molar-refractivity contribution < 1.29 is 39.0 Å². The van der Waals surface area contributed by atoms with Gasteiger partial charge in [-0.1, -0.05) is 97.1 Å². The number of carboxylic acid groups (broad SMARTS) is 2. The number of halogens is 3. The van der Waals surface area contributed by atoms with E-state index in [1.54, 1.807) is 88.7 Å². The number of urea groups is 2. The highest BCUT2D eigenvalue weighted by atomic mass is 79.9. The number of amides is 6. The predicted octanol–water partition coefficient (Wildman–Crippen LogP) is 14.2. The van der Waals surface area contributed by atoms with Crippen LogP contribution in [0.25, 0.3) is 5.57 Å². The molecule has 6 aromatic carbocycles. The average molecular weight is 1170 g/mol. The number of benzene rings is 6. The highest BCUT2D eigenvalue weighted by Crippen LogP contribution is 2.35. The Hall–Kier alpha value is -7.97. The molecule has 15 nitrogen and oxygen atoms in total. The van der Waals surface area contributed by atoms with Gasteiger partial charge in [-0.05, 0) is 173 Å². The number of hydrogen-bond donors (Lipinski definition) is 6. The third kappa shape index (κ3) is 17.5. The van der Waals surface area contributed by atoms with Gasteiger partial charge in [0, 0.05) is 51.4 Å². The fourth-order valence-electron chi connectivity index (χ4n) is 9.18. The monoisotopic (exact) mass is 1170 g/mol. The Labute approximate surface area is 477 Å². The van der Waals surface area contributed by atoms with Gasteiger partial charge >= 0.3 is 24.0 Å². The molecule has 0 heterocycles. The molecule has 2 aliphatic carbocycles. The van der Waals surface area contributed by atoms with E-state index in [2.05, 4.69) is 55.4 Å². The van der Waals surface area contributed by atoms with Gasteiger partial charge in [-0.2, -0.15) is 5.26 Å². The van der Waals surface area contributed by atoms with Crippen LogP contribution < -0.4 is 31.1 Å². The Kier molecular flexibility index (Phi) is 21.6. The van der Waals surface area contributed by atoms with Crippen LogP contribution in [0.15, 0.2) is 144 Å². The van der Waals surface area contributed by atoms with Crippen molar-refractivity contribution in [2.24, 2.45) is 0 Å². The number of rotatable bonds is 18. The van der Waals surface area contributed by atoms with E-state index in [1.807, 2.05) is 42.5 Å². The van der Waals surface area contributed by atoms with E-state index in [0.29, 0.717) is 44.7 Å². The van der Waals surface area contributed by atoms with Crippen molar-refractivity contribution in [3.8, 4) is 6.07 Å². The summed E-state index contributed by atoms with van der Waals surface area (Å²) in [6.45, 7) is 0.593. The second-order valence-electron chi connectivity index (χ2n) is 19.1. The summed E-state index contributed by atoms with van der Waals surface area (Å²) < 4.78 is 0.740. The van der Waals surface area contributed by atoms with Gasteiger partial charge in [-0.15, -0.1) is 0 Å². The van der Waals surface area contributed by atoms with Crippen LogP contribution in [0, 0.1) is 11.3 Å². The lowest BCUT2D eigenvalue weighted by Crippen LogP contribution is -2.34. The number of aliphatic carboxylic acids is 2. The van der Waals surface area contributed by atoms with E-state index in [4.69, 9.17) is 38.7 Å². The number of nitrogens with one attached hydrogen (secondary N) is 4. The van der Waals surface area contributed by atoms with Gasteiger partial charge in [0.2, 0.25) is 0 Å². The third-order valence-electron chi connectivity index (χ3n) is 13.5. The fourth-order valence-corrected chi connectivity index (χ4v) is 9.83. The van der Waals surface area contributed by atoms with Gasteiger partial charge in [-0.3, -0.25) is 29.0 Å². The predicted molar refractivity (Wildman–Crippen MR) is 313 cm³/mol. The maximum Gasteiger partial charge on any atom is 0.326 e. The molecule has 2 aliphatic rings. The summed E-state index contributed by atoms with van der Waals surface area (Å²) in [4.78, 5) is 76.2. The molecule has 0 saturated heterocycles. The lowest BCUT2D eigenvalue weighted by atomic mass is 9.84. The van der Waals surface area contributed by atoms with Crippen molar-refractivity contribution in [3.63, 3.8) is 0 Å². The largest absolute Gasteiger partial charge is 0.481 e. The second-order valence-corrected chi connectivity index (χ2v) is 20.8. The van der Waals surface area contributed by atoms with Crippen molar-refractivity contribution >= 4 is 103 Å². The Morgan fingerprint density at radius 3 is 1.54 bits per heavy atom. The Morgan fingerprint density at radius 2 is 1.09 bits per heavy atom. The lowest BCUT2D eigenvalue weighted by Gasteiger charge is -2.26. The molecule has 0 bridgehead atoms. The summed E-state index contributed by atoms with van der Waals surface area (Å²) >= 11 is 15.8. The van der Waals surface area contributed by atoms with Crippen molar-refractivity contribution in [2.75, 3.05) is 33.5 Å². The molecule has 0 atom stereocenters. The maximum atomic E-state index is 13.5. The van der Waals surface area contributed by atoms with E-state index in [-0.39, 0.29) is 67.9 Å². The third-order valence-corrected chi connectivity index (χ3v) is 15.0. The van der Waals surface area contributed by atoms with Crippen LogP contribution in [-0.4, -0.2) is 59.1 Å². The molecule has 0 spiro atoms. The van der Waals surface area contributed by atoms with Crippen molar-refractivity contribution in [3.05, 3.63) is 193 Å². The average Bonchev–Trinajstić information content (AvgIpc) is 3.48. The molecule has 1 saturated carbocycles. The molecule has 18 heteroatoms. The first kappa shape index (κ1) is 58.7. The molecule has 6 aromatic rings. The summed E-state index contributed by atoms with van der Waals surface area (Å²) in [5, 5.41) is 38.4. The first-order valence-electron chi connectivity index (χ1n) is 26.0. The van der Waals surface area contributed by atoms with Gasteiger partial charge in [0.15, 0.2) is 0 Å². The van der Waals surface area contributed by atoms with Gasteiger partial charge in [0.1, 0.15) is 6.07 Å². The van der Waals surface area contributed by atoms with E-state index in [9.17, 15) is 28.8 Å². The number of carboxylic acids is 2. The van der Waals surface area contributed by atoms with Crippen LogP contribution in [-0.2, 0) is 22.7 Å². The quantitative estimate of drug-likeness (QED) is 0.0481. The van der Waals surface area contributed by atoms with Crippen LogP contribution in [0.2, 0.25) is 10.0 Å². The first-order chi connectivity index (χ1) is 38.1. The zero-order chi connectivity index (χ0) is 56.3.